The maximum absolute atomic E-state index is 11.3. The second kappa shape index (κ2) is 3.56. The monoisotopic (exact) mass is 169 g/mol. The Kier molecular flexibility index (Phi) is 2.68. The van der Waals surface area contributed by atoms with Crippen LogP contribution in [-0.2, 0) is 4.79 Å². The third-order valence-corrected chi connectivity index (χ3v) is 1.89. The van der Waals surface area contributed by atoms with Gasteiger partial charge >= 0.3 is 6.03 Å². The molecule has 0 N–H and O–H groups in total. The van der Waals surface area contributed by atoms with E-state index >= 15 is 0 Å². The average molecular weight is 169 g/mol. The molecule has 4 nitrogen and oxygen atoms in total. The molecule has 0 aliphatic carbocycles. The lowest BCUT2D eigenvalue weighted by atomic mass is 10.4. The quantitative estimate of drug-likeness (QED) is 0.577. The van der Waals surface area contributed by atoms with E-state index in [9.17, 15) is 9.59 Å². The molecule has 0 aromatic heterocycles. The van der Waals surface area contributed by atoms with Crippen LogP contribution in [0.3, 0.4) is 0 Å². The van der Waals surface area contributed by atoms with Gasteiger partial charge in [-0.2, -0.15) is 0 Å². The Morgan fingerprint density at radius 1 is 1.50 bits per heavy atom. The summed E-state index contributed by atoms with van der Waals surface area (Å²) in [5.41, 5.74) is 0. The number of likely N-dealkylation sites (N-methyl/N-ethyl adjacent to an activating group) is 1. The van der Waals surface area contributed by atoms with Crippen LogP contribution in [0.4, 0.5) is 4.79 Å². The molecular formula is C8H13N2O2. The van der Waals surface area contributed by atoms with Crippen LogP contribution in [0.25, 0.3) is 0 Å². The van der Waals surface area contributed by atoms with E-state index in [1.54, 1.807) is 0 Å². The SMILES string of the molecule is [CH2]CCN1C(=O)CN(CC)C1=O. The third-order valence-electron chi connectivity index (χ3n) is 1.89. The van der Waals surface area contributed by atoms with Crippen LogP contribution in [-0.4, -0.2) is 41.4 Å². The van der Waals surface area contributed by atoms with E-state index in [0.29, 0.717) is 19.5 Å². The van der Waals surface area contributed by atoms with Gasteiger partial charge in [0.2, 0.25) is 5.91 Å². The van der Waals surface area contributed by atoms with Gasteiger partial charge in [0.05, 0.1) is 0 Å². The molecule has 1 fully saturated rings. The zero-order chi connectivity index (χ0) is 9.14. The largest absolute Gasteiger partial charge is 0.327 e. The maximum atomic E-state index is 11.3. The summed E-state index contributed by atoms with van der Waals surface area (Å²) < 4.78 is 0. The molecule has 0 spiro atoms. The molecule has 0 aromatic rings. The minimum absolute atomic E-state index is 0.106. The fraction of sp³-hybridized carbons (Fsp3) is 0.625. The van der Waals surface area contributed by atoms with Crippen molar-refractivity contribution in [3.05, 3.63) is 6.92 Å². The molecule has 3 amide bonds. The molecule has 0 unspecified atom stereocenters. The van der Waals surface area contributed by atoms with Crippen LogP contribution in [0.15, 0.2) is 0 Å². The van der Waals surface area contributed by atoms with E-state index < -0.39 is 0 Å². The zero-order valence-electron chi connectivity index (χ0n) is 7.25. The van der Waals surface area contributed by atoms with Gasteiger partial charge in [0.1, 0.15) is 6.54 Å². The first-order valence-corrected chi connectivity index (χ1v) is 4.09. The molecule has 67 valence electrons. The summed E-state index contributed by atoms with van der Waals surface area (Å²) >= 11 is 0. The molecule has 1 rings (SSSR count). The van der Waals surface area contributed by atoms with Crippen molar-refractivity contribution in [1.82, 2.24) is 9.80 Å². The van der Waals surface area contributed by atoms with Crippen LogP contribution >= 0.6 is 0 Å². The third kappa shape index (κ3) is 1.42. The first kappa shape index (κ1) is 9.03. The van der Waals surface area contributed by atoms with Gasteiger partial charge in [-0.05, 0) is 13.3 Å². The summed E-state index contributed by atoms with van der Waals surface area (Å²) in [5.74, 6) is -0.106. The number of imide groups is 1. The van der Waals surface area contributed by atoms with Crippen molar-refractivity contribution in [1.29, 1.82) is 0 Å². The lowest BCUT2D eigenvalue weighted by Gasteiger charge is -2.13. The van der Waals surface area contributed by atoms with Gasteiger partial charge in [0, 0.05) is 13.1 Å². The lowest BCUT2D eigenvalue weighted by molar-refractivity contribution is -0.125. The Morgan fingerprint density at radius 2 is 2.17 bits per heavy atom. The van der Waals surface area contributed by atoms with Crippen LogP contribution in [0.2, 0.25) is 0 Å². The average Bonchev–Trinajstić information content (AvgIpc) is 2.32. The van der Waals surface area contributed by atoms with Crippen molar-refractivity contribution < 1.29 is 9.59 Å². The summed E-state index contributed by atoms with van der Waals surface area (Å²) in [7, 11) is 0. The number of rotatable bonds is 3. The van der Waals surface area contributed by atoms with E-state index in [4.69, 9.17) is 0 Å². The van der Waals surface area contributed by atoms with Crippen LogP contribution in [0.5, 0.6) is 0 Å². The summed E-state index contributed by atoms with van der Waals surface area (Å²) in [4.78, 5) is 25.3. The molecule has 4 heteroatoms. The first-order valence-electron chi connectivity index (χ1n) is 4.09. The van der Waals surface area contributed by atoms with Crippen LogP contribution < -0.4 is 0 Å². The standard InChI is InChI=1S/C8H13N2O2/c1-3-5-10-7(11)6-9(4-2)8(10)12/h1,3-6H2,2H3. The highest BCUT2D eigenvalue weighted by molar-refractivity contribution is 6.01. The topological polar surface area (TPSA) is 40.6 Å². The molecule has 12 heavy (non-hydrogen) atoms. The van der Waals surface area contributed by atoms with E-state index in [0.717, 1.165) is 0 Å². The number of nitrogens with zero attached hydrogens (tertiary/aromatic N) is 2. The Balaban J connectivity index is 2.64. The highest BCUT2D eigenvalue weighted by Crippen LogP contribution is 2.09. The molecule has 1 aliphatic heterocycles. The van der Waals surface area contributed by atoms with Gasteiger partial charge in [-0.15, -0.1) is 0 Å². The maximum Gasteiger partial charge on any atom is 0.327 e. The molecule has 1 aliphatic rings. The normalized spacial score (nSPS) is 17.8. The Morgan fingerprint density at radius 3 is 2.58 bits per heavy atom. The van der Waals surface area contributed by atoms with E-state index in [1.807, 2.05) is 6.92 Å². The number of urea groups is 1. The van der Waals surface area contributed by atoms with Gasteiger partial charge in [0.15, 0.2) is 0 Å². The number of hydrogen-bond acceptors (Lipinski definition) is 2. The zero-order valence-corrected chi connectivity index (χ0v) is 7.25. The highest BCUT2D eigenvalue weighted by Gasteiger charge is 2.33. The Bertz CT molecular complexity index is 203. The van der Waals surface area contributed by atoms with E-state index in [1.165, 1.54) is 9.80 Å². The molecule has 0 saturated carbocycles. The van der Waals surface area contributed by atoms with Crippen molar-refractivity contribution in [2.45, 2.75) is 13.3 Å². The molecule has 1 heterocycles. The molecule has 1 saturated heterocycles. The van der Waals surface area contributed by atoms with Gasteiger partial charge < -0.3 is 4.90 Å². The lowest BCUT2D eigenvalue weighted by Crippen LogP contribution is -2.33. The number of hydrogen-bond donors (Lipinski definition) is 0. The van der Waals surface area contributed by atoms with E-state index in [-0.39, 0.29) is 18.5 Å². The minimum Gasteiger partial charge on any atom is -0.315 e. The van der Waals surface area contributed by atoms with Crippen LogP contribution in [0.1, 0.15) is 13.3 Å². The van der Waals surface area contributed by atoms with Crippen molar-refractivity contribution >= 4 is 11.9 Å². The Labute approximate surface area is 72.1 Å². The molecule has 0 bridgehead atoms. The van der Waals surface area contributed by atoms with Crippen molar-refractivity contribution in [2.24, 2.45) is 0 Å². The molecule has 0 aromatic carbocycles. The fourth-order valence-corrected chi connectivity index (χ4v) is 1.22. The van der Waals surface area contributed by atoms with Gasteiger partial charge in [0.25, 0.3) is 0 Å². The molecule has 1 radical (unpaired) electrons. The van der Waals surface area contributed by atoms with Crippen molar-refractivity contribution in [3.8, 4) is 0 Å². The van der Waals surface area contributed by atoms with Gasteiger partial charge in [-0.3, -0.25) is 9.69 Å². The van der Waals surface area contributed by atoms with Crippen molar-refractivity contribution in [3.63, 3.8) is 0 Å². The number of carbonyl (C=O) groups excluding carboxylic acids is 2. The Hall–Kier alpha value is -1.06. The predicted octanol–water partition coefficient (Wildman–Crippen LogP) is 0.495. The van der Waals surface area contributed by atoms with Gasteiger partial charge in [-0.1, -0.05) is 6.92 Å². The summed E-state index contributed by atoms with van der Waals surface area (Å²) in [6, 6.07) is -0.175. The summed E-state index contributed by atoms with van der Waals surface area (Å²) in [6.07, 6.45) is 0.578. The number of carbonyl (C=O) groups is 2. The van der Waals surface area contributed by atoms with Gasteiger partial charge in [-0.25, -0.2) is 4.79 Å². The fourth-order valence-electron chi connectivity index (χ4n) is 1.22. The molecule has 0 atom stereocenters. The summed E-state index contributed by atoms with van der Waals surface area (Å²) in [6.45, 7) is 6.73. The highest BCUT2D eigenvalue weighted by atomic mass is 16.2. The predicted molar refractivity (Wildman–Crippen MR) is 44.3 cm³/mol. The van der Waals surface area contributed by atoms with Crippen LogP contribution in [0, 0.1) is 6.92 Å². The first-order chi connectivity index (χ1) is 5.70. The second-order valence-corrected chi connectivity index (χ2v) is 2.70. The second-order valence-electron chi connectivity index (χ2n) is 2.70. The minimum atomic E-state index is -0.175. The van der Waals surface area contributed by atoms with Crippen molar-refractivity contribution in [2.75, 3.05) is 19.6 Å². The summed E-state index contributed by atoms with van der Waals surface area (Å²) in [5, 5.41) is 0. The number of amides is 3. The molecular weight excluding hydrogens is 156 g/mol. The van der Waals surface area contributed by atoms with E-state index in [2.05, 4.69) is 6.92 Å². The smallest absolute Gasteiger partial charge is 0.315 e.